The minimum absolute atomic E-state index is 0.0832. The summed E-state index contributed by atoms with van der Waals surface area (Å²) >= 11 is 1.29. The van der Waals surface area contributed by atoms with Crippen molar-refractivity contribution in [2.75, 3.05) is 7.11 Å². The molecule has 0 spiro atoms. The Bertz CT molecular complexity index is 398. The zero-order valence-electron chi connectivity index (χ0n) is 9.40. The van der Waals surface area contributed by atoms with Crippen LogP contribution in [-0.2, 0) is 11.2 Å². The zero-order valence-corrected chi connectivity index (χ0v) is 10.2. The zero-order chi connectivity index (χ0) is 11.7. The van der Waals surface area contributed by atoms with Crippen molar-refractivity contribution in [2.45, 2.75) is 38.2 Å². The lowest BCUT2D eigenvalue weighted by atomic mass is 10.2. The van der Waals surface area contributed by atoms with Crippen molar-refractivity contribution >= 4 is 17.3 Å². The van der Waals surface area contributed by atoms with Crippen LogP contribution in [0.4, 0.5) is 0 Å². The molecule has 0 amide bonds. The predicted molar refractivity (Wildman–Crippen MR) is 61.2 cm³/mol. The van der Waals surface area contributed by atoms with Gasteiger partial charge in [0, 0.05) is 19.4 Å². The van der Waals surface area contributed by atoms with Gasteiger partial charge in [-0.3, -0.25) is 0 Å². The number of hydrogen-bond acceptors (Lipinski definition) is 4. The summed E-state index contributed by atoms with van der Waals surface area (Å²) in [6.45, 7) is 1.96. The van der Waals surface area contributed by atoms with Gasteiger partial charge in [0.15, 0.2) is 0 Å². The first-order valence-electron chi connectivity index (χ1n) is 5.37. The maximum atomic E-state index is 11.1. The highest BCUT2D eigenvalue weighted by Crippen LogP contribution is 2.42. The third kappa shape index (κ3) is 2.41. The molecular weight excluding hydrogens is 226 g/mol. The molecule has 1 unspecified atom stereocenters. The maximum Gasteiger partial charge on any atom is 0.347 e. The van der Waals surface area contributed by atoms with Gasteiger partial charge in [0.1, 0.15) is 4.88 Å². The van der Waals surface area contributed by atoms with E-state index in [1.54, 1.807) is 7.11 Å². The van der Waals surface area contributed by atoms with E-state index in [-0.39, 0.29) is 6.10 Å². The Labute approximate surface area is 98.3 Å². The quantitative estimate of drug-likeness (QED) is 0.859. The van der Waals surface area contributed by atoms with Crippen molar-refractivity contribution in [3.8, 4) is 0 Å². The Kier molecular flexibility index (Phi) is 3.25. The van der Waals surface area contributed by atoms with Gasteiger partial charge in [-0.2, -0.15) is 0 Å². The first kappa shape index (κ1) is 11.5. The van der Waals surface area contributed by atoms with E-state index in [0.717, 1.165) is 23.5 Å². The molecule has 1 atom stereocenters. The van der Waals surface area contributed by atoms with Crippen molar-refractivity contribution in [1.82, 2.24) is 4.98 Å². The fraction of sp³-hybridized carbons (Fsp3) is 0.636. The van der Waals surface area contributed by atoms with Crippen LogP contribution in [0.25, 0.3) is 0 Å². The minimum Gasteiger partial charge on any atom is -0.477 e. The SMILES string of the molecule is COC(C)Cc1nc(C2CC2)c(C(=O)O)s1. The molecule has 5 heteroatoms. The topological polar surface area (TPSA) is 59.4 Å². The molecule has 1 saturated carbocycles. The highest BCUT2D eigenvalue weighted by Gasteiger charge is 2.32. The second-order valence-corrected chi connectivity index (χ2v) is 5.24. The van der Waals surface area contributed by atoms with Gasteiger partial charge in [-0.1, -0.05) is 0 Å². The first-order chi connectivity index (χ1) is 7.61. The summed E-state index contributed by atoms with van der Waals surface area (Å²) in [5, 5.41) is 9.96. The number of methoxy groups -OCH3 is 1. The van der Waals surface area contributed by atoms with Crippen molar-refractivity contribution in [1.29, 1.82) is 0 Å². The monoisotopic (exact) mass is 241 g/mol. The molecule has 2 rings (SSSR count). The number of carbonyl (C=O) groups is 1. The molecule has 1 fully saturated rings. The van der Waals surface area contributed by atoms with E-state index < -0.39 is 5.97 Å². The molecule has 16 heavy (non-hydrogen) atoms. The number of aromatic nitrogens is 1. The van der Waals surface area contributed by atoms with Crippen molar-refractivity contribution in [3.63, 3.8) is 0 Å². The van der Waals surface area contributed by atoms with Crippen LogP contribution < -0.4 is 0 Å². The number of rotatable bonds is 5. The van der Waals surface area contributed by atoms with Crippen molar-refractivity contribution in [3.05, 3.63) is 15.6 Å². The number of hydrogen-bond donors (Lipinski definition) is 1. The van der Waals surface area contributed by atoms with Crippen LogP contribution in [-0.4, -0.2) is 29.3 Å². The molecule has 0 aliphatic heterocycles. The Hall–Kier alpha value is -0.940. The molecule has 1 N–H and O–H groups in total. The fourth-order valence-corrected chi connectivity index (χ4v) is 2.68. The van der Waals surface area contributed by atoms with Crippen molar-refractivity contribution in [2.24, 2.45) is 0 Å². The maximum absolute atomic E-state index is 11.1. The lowest BCUT2D eigenvalue weighted by molar-refractivity contribution is 0.0700. The molecular formula is C11H15NO3S. The van der Waals surface area contributed by atoms with E-state index in [1.165, 1.54) is 11.3 Å². The summed E-state index contributed by atoms with van der Waals surface area (Å²) in [4.78, 5) is 15.9. The minimum atomic E-state index is -0.851. The molecule has 0 radical (unpaired) electrons. The number of ether oxygens (including phenoxy) is 1. The highest BCUT2D eigenvalue weighted by molar-refractivity contribution is 7.13. The Morgan fingerprint density at radius 3 is 2.88 bits per heavy atom. The number of nitrogens with zero attached hydrogens (tertiary/aromatic N) is 1. The average Bonchev–Trinajstić information content (AvgIpc) is 3.00. The summed E-state index contributed by atoms with van der Waals surface area (Å²) in [5.74, 6) is -0.468. The van der Waals surface area contributed by atoms with Crippen LogP contribution in [0.3, 0.4) is 0 Å². The van der Waals surface area contributed by atoms with Gasteiger partial charge in [-0.05, 0) is 19.8 Å². The molecule has 0 aromatic carbocycles. The summed E-state index contributed by atoms with van der Waals surface area (Å²) in [5.41, 5.74) is 0.788. The van der Waals surface area contributed by atoms with Gasteiger partial charge in [0.05, 0.1) is 16.8 Å². The van der Waals surface area contributed by atoms with E-state index in [1.807, 2.05) is 6.92 Å². The van der Waals surface area contributed by atoms with E-state index >= 15 is 0 Å². The van der Waals surface area contributed by atoms with Gasteiger partial charge in [-0.25, -0.2) is 9.78 Å². The molecule has 88 valence electrons. The third-order valence-corrected chi connectivity index (χ3v) is 3.80. The second-order valence-electron chi connectivity index (χ2n) is 4.15. The van der Waals surface area contributed by atoms with Gasteiger partial charge >= 0.3 is 5.97 Å². The van der Waals surface area contributed by atoms with Crippen molar-refractivity contribution < 1.29 is 14.6 Å². The Balaban J connectivity index is 2.20. The van der Waals surface area contributed by atoms with Crippen LogP contribution in [0.2, 0.25) is 0 Å². The summed E-state index contributed by atoms with van der Waals surface area (Å²) in [7, 11) is 1.65. The Morgan fingerprint density at radius 2 is 2.38 bits per heavy atom. The summed E-state index contributed by atoms with van der Waals surface area (Å²) in [6.07, 6.45) is 2.92. The smallest absolute Gasteiger partial charge is 0.347 e. The van der Waals surface area contributed by atoms with E-state index in [4.69, 9.17) is 9.84 Å². The number of carboxylic acids is 1. The van der Waals surface area contributed by atoms with Crippen LogP contribution in [0, 0.1) is 0 Å². The predicted octanol–water partition coefficient (Wildman–Crippen LogP) is 2.30. The second kappa shape index (κ2) is 4.51. The van der Waals surface area contributed by atoms with Crippen LogP contribution >= 0.6 is 11.3 Å². The molecule has 4 nitrogen and oxygen atoms in total. The Morgan fingerprint density at radius 1 is 1.69 bits per heavy atom. The number of carboxylic acid groups (broad SMARTS) is 1. The molecule has 1 aromatic heterocycles. The standard InChI is InChI=1S/C11H15NO3S/c1-6(15-2)5-8-12-9(7-3-4-7)10(16-8)11(13)14/h6-7H,3-5H2,1-2H3,(H,13,14). The normalized spacial score (nSPS) is 17.4. The largest absolute Gasteiger partial charge is 0.477 e. The molecule has 1 heterocycles. The van der Waals surface area contributed by atoms with E-state index in [9.17, 15) is 4.79 Å². The summed E-state index contributed by atoms with van der Waals surface area (Å²) < 4.78 is 5.16. The fourth-order valence-electron chi connectivity index (χ4n) is 1.58. The first-order valence-corrected chi connectivity index (χ1v) is 6.19. The van der Waals surface area contributed by atoms with Gasteiger partial charge in [-0.15, -0.1) is 11.3 Å². The van der Waals surface area contributed by atoms with Crippen LogP contribution in [0.15, 0.2) is 0 Å². The molecule has 0 saturated heterocycles. The van der Waals surface area contributed by atoms with Gasteiger partial charge < -0.3 is 9.84 Å². The summed E-state index contributed by atoms with van der Waals surface area (Å²) in [6, 6.07) is 0. The highest BCUT2D eigenvalue weighted by atomic mass is 32.1. The lowest BCUT2D eigenvalue weighted by Crippen LogP contribution is -2.08. The van der Waals surface area contributed by atoms with E-state index in [2.05, 4.69) is 4.98 Å². The van der Waals surface area contributed by atoms with E-state index in [0.29, 0.717) is 17.2 Å². The van der Waals surface area contributed by atoms with Gasteiger partial charge in [0.2, 0.25) is 0 Å². The van der Waals surface area contributed by atoms with Crippen LogP contribution in [0.5, 0.6) is 0 Å². The number of aromatic carboxylic acids is 1. The van der Waals surface area contributed by atoms with Gasteiger partial charge in [0.25, 0.3) is 0 Å². The molecule has 1 aromatic rings. The average molecular weight is 241 g/mol. The molecule has 1 aliphatic carbocycles. The number of thiazole rings is 1. The molecule has 0 bridgehead atoms. The van der Waals surface area contributed by atoms with Crippen LogP contribution in [0.1, 0.15) is 46.1 Å². The molecule has 1 aliphatic rings. The lowest BCUT2D eigenvalue weighted by Gasteiger charge is -2.05. The third-order valence-electron chi connectivity index (χ3n) is 2.72.